The summed E-state index contributed by atoms with van der Waals surface area (Å²) in [5.74, 6) is 0.699. The Labute approximate surface area is 129 Å². The number of guanidine groups is 1. The number of sulfonamides is 1. The molecule has 0 bridgehead atoms. The third kappa shape index (κ3) is 6.65. The van der Waals surface area contributed by atoms with E-state index in [2.05, 4.69) is 29.1 Å². The van der Waals surface area contributed by atoms with E-state index in [-0.39, 0.29) is 12.3 Å². The maximum atomic E-state index is 11.0. The van der Waals surface area contributed by atoms with Crippen LogP contribution in [0.15, 0.2) is 4.99 Å². The van der Waals surface area contributed by atoms with Gasteiger partial charge in [0.15, 0.2) is 5.96 Å². The third-order valence-electron chi connectivity index (χ3n) is 3.91. The van der Waals surface area contributed by atoms with Crippen LogP contribution in [0, 0.1) is 5.41 Å². The molecule has 1 aliphatic heterocycles. The number of primary sulfonamides is 1. The van der Waals surface area contributed by atoms with Gasteiger partial charge < -0.3 is 10.2 Å². The number of nitrogens with zero attached hydrogens (tertiary/aromatic N) is 2. The van der Waals surface area contributed by atoms with E-state index in [0.29, 0.717) is 5.41 Å². The van der Waals surface area contributed by atoms with Crippen molar-refractivity contribution >= 4 is 16.0 Å². The average Bonchev–Trinajstić information content (AvgIpc) is 2.36. The molecule has 1 atom stereocenters. The molecule has 1 aliphatic rings. The van der Waals surface area contributed by atoms with Crippen LogP contribution in [-0.2, 0) is 10.0 Å². The summed E-state index contributed by atoms with van der Waals surface area (Å²) >= 11 is 0. The van der Waals surface area contributed by atoms with Crippen molar-refractivity contribution in [1.82, 2.24) is 10.2 Å². The summed E-state index contributed by atoms with van der Waals surface area (Å²) in [5.41, 5.74) is 0.323. The number of nitrogens with one attached hydrogen (secondary N) is 1. The fraction of sp³-hybridized carbons (Fsp3) is 0.929. The van der Waals surface area contributed by atoms with Gasteiger partial charge in [-0.25, -0.2) is 13.6 Å². The van der Waals surface area contributed by atoms with Crippen LogP contribution in [0.1, 0.15) is 46.5 Å². The number of rotatable bonds is 6. The Kier molecular flexibility index (Phi) is 6.93. The summed E-state index contributed by atoms with van der Waals surface area (Å²) in [6.45, 7) is 9.50. The molecule has 0 spiro atoms. The predicted molar refractivity (Wildman–Crippen MR) is 87.8 cm³/mol. The Balaban J connectivity index is 2.72. The molecule has 0 amide bonds. The molecule has 21 heavy (non-hydrogen) atoms. The lowest BCUT2D eigenvalue weighted by molar-refractivity contribution is 0.142. The van der Waals surface area contributed by atoms with E-state index in [9.17, 15) is 8.42 Å². The number of aliphatic imine (C=N–C) groups is 1. The van der Waals surface area contributed by atoms with E-state index in [4.69, 9.17) is 5.14 Å². The Bertz CT molecular complexity index is 446. The van der Waals surface area contributed by atoms with Gasteiger partial charge in [-0.15, -0.1) is 0 Å². The van der Waals surface area contributed by atoms with Crippen LogP contribution in [0.3, 0.4) is 0 Å². The van der Waals surface area contributed by atoms with Gasteiger partial charge in [0.25, 0.3) is 0 Å². The fourth-order valence-corrected chi connectivity index (χ4v) is 3.35. The van der Waals surface area contributed by atoms with Crippen molar-refractivity contribution in [2.45, 2.75) is 46.5 Å². The summed E-state index contributed by atoms with van der Waals surface area (Å²) in [7, 11) is -3.45. The smallest absolute Gasteiger partial charge is 0.210 e. The lowest BCUT2D eigenvalue weighted by Crippen LogP contribution is -2.50. The van der Waals surface area contributed by atoms with Crippen LogP contribution in [0.2, 0.25) is 0 Å². The van der Waals surface area contributed by atoms with E-state index in [1.54, 1.807) is 0 Å². The molecule has 1 unspecified atom stereocenters. The Morgan fingerprint density at radius 2 is 2.14 bits per heavy atom. The maximum absolute atomic E-state index is 11.0. The predicted octanol–water partition coefficient (Wildman–Crippen LogP) is 1.14. The SMILES string of the molecule is CCCC1(C)CCCN(C(=NCCS(N)(=O)=O)NCC)C1. The second kappa shape index (κ2) is 7.98. The first kappa shape index (κ1) is 18.2. The highest BCUT2D eigenvalue weighted by molar-refractivity contribution is 7.89. The zero-order valence-corrected chi connectivity index (χ0v) is 14.4. The van der Waals surface area contributed by atoms with E-state index >= 15 is 0 Å². The van der Waals surface area contributed by atoms with Gasteiger partial charge in [-0.2, -0.15) is 0 Å². The topological polar surface area (TPSA) is 87.8 Å². The van der Waals surface area contributed by atoms with Crippen molar-refractivity contribution in [1.29, 1.82) is 0 Å². The largest absolute Gasteiger partial charge is 0.357 e. The lowest BCUT2D eigenvalue weighted by Gasteiger charge is -2.42. The van der Waals surface area contributed by atoms with E-state index in [1.807, 2.05) is 6.92 Å². The minimum absolute atomic E-state index is 0.109. The molecule has 0 aromatic rings. The monoisotopic (exact) mass is 318 g/mol. The highest BCUT2D eigenvalue weighted by Gasteiger charge is 2.31. The van der Waals surface area contributed by atoms with Gasteiger partial charge in [0.05, 0.1) is 12.3 Å². The van der Waals surface area contributed by atoms with Crippen molar-refractivity contribution in [2.24, 2.45) is 15.5 Å². The first-order chi connectivity index (χ1) is 9.79. The van der Waals surface area contributed by atoms with Crippen LogP contribution < -0.4 is 10.5 Å². The molecule has 0 aromatic carbocycles. The standard InChI is InChI=1S/C14H30N4O2S/c1-4-7-14(3)8-6-10-18(12-14)13(16-5-2)17-9-11-21(15,19)20/h4-12H2,1-3H3,(H,16,17)(H2,15,19,20). The zero-order chi connectivity index (χ0) is 15.9. The Morgan fingerprint density at radius 3 is 2.71 bits per heavy atom. The van der Waals surface area contributed by atoms with E-state index in [0.717, 1.165) is 32.0 Å². The second-order valence-corrected chi connectivity index (χ2v) is 7.92. The number of piperidine rings is 1. The maximum Gasteiger partial charge on any atom is 0.210 e. The van der Waals surface area contributed by atoms with Crippen molar-refractivity contribution in [2.75, 3.05) is 31.9 Å². The van der Waals surface area contributed by atoms with E-state index < -0.39 is 10.0 Å². The summed E-state index contributed by atoms with van der Waals surface area (Å²) in [6, 6.07) is 0. The zero-order valence-electron chi connectivity index (χ0n) is 13.6. The highest BCUT2D eigenvalue weighted by Crippen LogP contribution is 2.33. The van der Waals surface area contributed by atoms with Crippen molar-refractivity contribution < 1.29 is 8.42 Å². The number of nitrogens with two attached hydrogens (primary N) is 1. The summed E-state index contributed by atoms with van der Waals surface area (Å²) in [6.07, 6.45) is 4.79. The molecule has 0 aliphatic carbocycles. The van der Waals surface area contributed by atoms with Gasteiger partial charge >= 0.3 is 0 Å². The molecule has 0 radical (unpaired) electrons. The molecule has 1 heterocycles. The Hall–Kier alpha value is -0.820. The number of likely N-dealkylation sites (tertiary alicyclic amines) is 1. The Morgan fingerprint density at radius 1 is 1.43 bits per heavy atom. The molecule has 0 aromatic heterocycles. The quantitative estimate of drug-likeness (QED) is 0.568. The summed E-state index contributed by atoms with van der Waals surface area (Å²) in [4.78, 5) is 6.68. The molecule has 1 saturated heterocycles. The van der Waals surface area contributed by atoms with Crippen molar-refractivity contribution in [3.8, 4) is 0 Å². The molecule has 7 heteroatoms. The first-order valence-corrected chi connectivity index (χ1v) is 9.55. The molecule has 124 valence electrons. The minimum Gasteiger partial charge on any atom is -0.357 e. The number of hydrogen-bond acceptors (Lipinski definition) is 3. The van der Waals surface area contributed by atoms with Crippen molar-refractivity contribution in [3.63, 3.8) is 0 Å². The van der Waals surface area contributed by atoms with Gasteiger partial charge in [-0.3, -0.25) is 4.99 Å². The lowest BCUT2D eigenvalue weighted by atomic mass is 9.78. The van der Waals surface area contributed by atoms with Gasteiger partial charge in [0, 0.05) is 19.6 Å². The van der Waals surface area contributed by atoms with Gasteiger partial charge in [0.1, 0.15) is 0 Å². The van der Waals surface area contributed by atoms with Crippen LogP contribution in [0.25, 0.3) is 0 Å². The second-order valence-electron chi connectivity index (χ2n) is 6.19. The summed E-state index contributed by atoms with van der Waals surface area (Å²) < 4.78 is 22.0. The molecule has 3 N–H and O–H groups in total. The van der Waals surface area contributed by atoms with Crippen molar-refractivity contribution in [3.05, 3.63) is 0 Å². The minimum atomic E-state index is -3.45. The number of hydrogen-bond donors (Lipinski definition) is 2. The van der Waals surface area contributed by atoms with Crippen LogP contribution in [0.4, 0.5) is 0 Å². The normalized spacial score (nSPS) is 24.2. The molecule has 6 nitrogen and oxygen atoms in total. The molecular weight excluding hydrogens is 288 g/mol. The van der Waals surface area contributed by atoms with E-state index in [1.165, 1.54) is 19.3 Å². The van der Waals surface area contributed by atoms with Crippen LogP contribution in [-0.4, -0.2) is 51.2 Å². The van der Waals surface area contributed by atoms with Gasteiger partial charge in [-0.1, -0.05) is 20.3 Å². The fourth-order valence-electron chi connectivity index (χ4n) is 3.01. The molecule has 1 fully saturated rings. The summed E-state index contributed by atoms with van der Waals surface area (Å²) in [5, 5.41) is 8.28. The third-order valence-corrected chi connectivity index (χ3v) is 4.66. The first-order valence-electron chi connectivity index (χ1n) is 7.83. The average molecular weight is 318 g/mol. The van der Waals surface area contributed by atoms with Crippen LogP contribution >= 0.6 is 0 Å². The highest BCUT2D eigenvalue weighted by atomic mass is 32.2. The molecular formula is C14H30N4O2S. The van der Waals surface area contributed by atoms with Gasteiger partial charge in [-0.05, 0) is 31.6 Å². The molecule has 1 rings (SSSR count). The van der Waals surface area contributed by atoms with Crippen LogP contribution in [0.5, 0.6) is 0 Å². The molecule has 0 saturated carbocycles. The van der Waals surface area contributed by atoms with Gasteiger partial charge in [0.2, 0.25) is 10.0 Å².